The number of aromatic carboxylic acids is 1. The zero-order chi connectivity index (χ0) is 13.1. The molecule has 1 aromatic rings. The SMILES string of the molecule is Cc1nc(CNC(=O)C2CCCS2)sc1C(=O)O. The van der Waals surface area contributed by atoms with Gasteiger partial charge in [0.25, 0.3) is 0 Å². The largest absolute Gasteiger partial charge is 0.477 e. The van der Waals surface area contributed by atoms with Crippen molar-refractivity contribution in [1.82, 2.24) is 10.3 Å². The minimum Gasteiger partial charge on any atom is -0.477 e. The number of carboxylic acid groups (broad SMARTS) is 1. The average Bonchev–Trinajstić information content (AvgIpc) is 2.94. The smallest absolute Gasteiger partial charge is 0.347 e. The van der Waals surface area contributed by atoms with Crippen molar-refractivity contribution in [2.45, 2.75) is 31.6 Å². The van der Waals surface area contributed by atoms with Gasteiger partial charge in [-0.15, -0.1) is 23.1 Å². The van der Waals surface area contributed by atoms with Crippen molar-refractivity contribution < 1.29 is 14.7 Å². The van der Waals surface area contributed by atoms with E-state index in [0.717, 1.165) is 29.9 Å². The lowest BCUT2D eigenvalue weighted by atomic mass is 10.2. The first-order chi connectivity index (χ1) is 8.58. The molecule has 98 valence electrons. The normalized spacial score (nSPS) is 18.8. The van der Waals surface area contributed by atoms with Gasteiger partial charge in [-0.05, 0) is 25.5 Å². The highest BCUT2D eigenvalue weighted by molar-refractivity contribution is 8.00. The van der Waals surface area contributed by atoms with Crippen LogP contribution in [0, 0.1) is 6.92 Å². The number of thiazole rings is 1. The van der Waals surface area contributed by atoms with Crippen LogP contribution in [-0.2, 0) is 11.3 Å². The maximum absolute atomic E-state index is 11.8. The van der Waals surface area contributed by atoms with Crippen LogP contribution in [0.5, 0.6) is 0 Å². The van der Waals surface area contributed by atoms with E-state index in [-0.39, 0.29) is 16.0 Å². The van der Waals surface area contributed by atoms with Crippen LogP contribution >= 0.6 is 23.1 Å². The van der Waals surface area contributed by atoms with Crippen LogP contribution < -0.4 is 5.32 Å². The second-order valence-corrected chi connectivity index (χ2v) is 6.44. The van der Waals surface area contributed by atoms with Crippen molar-refractivity contribution in [3.05, 3.63) is 15.6 Å². The number of aromatic nitrogens is 1. The molecule has 1 aliphatic rings. The summed E-state index contributed by atoms with van der Waals surface area (Å²) in [5, 5.41) is 12.4. The van der Waals surface area contributed by atoms with Crippen molar-refractivity contribution in [1.29, 1.82) is 0 Å². The molecule has 1 atom stereocenters. The molecule has 7 heteroatoms. The topological polar surface area (TPSA) is 79.3 Å². The molecule has 1 fully saturated rings. The van der Waals surface area contributed by atoms with Crippen LogP contribution in [0.1, 0.15) is 33.2 Å². The van der Waals surface area contributed by atoms with Crippen molar-refractivity contribution in [2.24, 2.45) is 0 Å². The number of aryl methyl sites for hydroxylation is 1. The Morgan fingerprint density at radius 3 is 2.89 bits per heavy atom. The molecule has 2 heterocycles. The Bertz CT molecular complexity index is 467. The second-order valence-electron chi connectivity index (χ2n) is 4.05. The summed E-state index contributed by atoms with van der Waals surface area (Å²) in [7, 11) is 0. The number of nitrogens with one attached hydrogen (secondary N) is 1. The van der Waals surface area contributed by atoms with Crippen LogP contribution in [0.3, 0.4) is 0 Å². The monoisotopic (exact) mass is 286 g/mol. The Hall–Kier alpha value is -1.08. The molecular formula is C11H14N2O3S2. The molecule has 0 spiro atoms. The third kappa shape index (κ3) is 3.02. The molecule has 1 saturated heterocycles. The van der Waals surface area contributed by atoms with Crippen LogP contribution in [0.2, 0.25) is 0 Å². The predicted molar refractivity (Wildman–Crippen MR) is 71.1 cm³/mol. The van der Waals surface area contributed by atoms with E-state index in [9.17, 15) is 9.59 Å². The minimum atomic E-state index is -0.964. The predicted octanol–water partition coefficient (Wildman–Crippen LogP) is 1.66. The number of carbonyl (C=O) groups excluding carboxylic acids is 1. The fourth-order valence-corrected chi connectivity index (χ4v) is 3.82. The third-order valence-corrected chi connectivity index (χ3v) is 5.19. The van der Waals surface area contributed by atoms with E-state index in [4.69, 9.17) is 5.11 Å². The van der Waals surface area contributed by atoms with Gasteiger partial charge in [-0.1, -0.05) is 0 Å². The molecule has 1 aliphatic heterocycles. The van der Waals surface area contributed by atoms with Crippen molar-refractivity contribution in [3.8, 4) is 0 Å². The number of carboxylic acids is 1. The van der Waals surface area contributed by atoms with Crippen molar-refractivity contribution in [2.75, 3.05) is 5.75 Å². The maximum Gasteiger partial charge on any atom is 0.347 e. The molecule has 2 rings (SSSR count). The number of carbonyl (C=O) groups is 2. The molecule has 0 aromatic carbocycles. The van der Waals surface area contributed by atoms with Gasteiger partial charge in [0, 0.05) is 0 Å². The van der Waals surface area contributed by atoms with Crippen LogP contribution in [0.25, 0.3) is 0 Å². The van der Waals surface area contributed by atoms with E-state index in [0.29, 0.717) is 17.2 Å². The summed E-state index contributed by atoms with van der Waals surface area (Å²) in [5.74, 6) is 0.105. The molecule has 1 amide bonds. The van der Waals surface area contributed by atoms with Gasteiger partial charge in [0.15, 0.2) is 0 Å². The number of amides is 1. The number of hydrogen-bond donors (Lipinski definition) is 2. The lowest BCUT2D eigenvalue weighted by Crippen LogP contribution is -2.30. The standard InChI is InChI=1S/C11H14N2O3S2/c1-6-9(11(15)16)18-8(13-6)5-12-10(14)7-3-2-4-17-7/h7H,2-5H2,1H3,(H,12,14)(H,15,16). The Kier molecular flexibility index (Phi) is 4.23. The zero-order valence-corrected chi connectivity index (χ0v) is 11.6. The summed E-state index contributed by atoms with van der Waals surface area (Å²) < 4.78 is 0. The maximum atomic E-state index is 11.8. The first kappa shape index (κ1) is 13.4. The van der Waals surface area contributed by atoms with Crippen molar-refractivity contribution in [3.63, 3.8) is 0 Å². The molecule has 0 radical (unpaired) electrons. The summed E-state index contributed by atoms with van der Waals surface area (Å²) in [6, 6.07) is 0. The molecule has 5 nitrogen and oxygen atoms in total. The Balaban J connectivity index is 1.91. The van der Waals surface area contributed by atoms with Gasteiger partial charge in [-0.3, -0.25) is 4.79 Å². The number of nitrogens with zero attached hydrogens (tertiary/aromatic N) is 1. The van der Waals surface area contributed by atoms with Gasteiger partial charge < -0.3 is 10.4 Å². The molecule has 18 heavy (non-hydrogen) atoms. The van der Waals surface area contributed by atoms with E-state index >= 15 is 0 Å². The zero-order valence-electron chi connectivity index (χ0n) is 9.93. The molecular weight excluding hydrogens is 272 g/mol. The van der Waals surface area contributed by atoms with Gasteiger partial charge in [0.2, 0.25) is 5.91 Å². The van der Waals surface area contributed by atoms with E-state index < -0.39 is 5.97 Å². The lowest BCUT2D eigenvalue weighted by Gasteiger charge is -2.07. The van der Waals surface area contributed by atoms with Gasteiger partial charge >= 0.3 is 5.97 Å². The van der Waals surface area contributed by atoms with Crippen molar-refractivity contribution >= 4 is 35.0 Å². The molecule has 1 aromatic heterocycles. The fourth-order valence-electron chi connectivity index (χ4n) is 1.79. The summed E-state index contributed by atoms with van der Waals surface area (Å²) in [6.45, 7) is 1.98. The third-order valence-electron chi connectivity index (χ3n) is 2.67. The van der Waals surface area contributed by atoms with Crippen LogP contribution in [0.4, 0.5) is 0 Å². The fraction of sp³-hybridized carbons (Fsp3) is 0.545. The number of rotatable bonds is 4. The molecule has 0 bridgehead atoms. The highest BCUT2D eigenvalue weighted by Gasteiger charge is 2.23. The minimum absolute atomic E-state index is 0.0298. The van der Waals surface area contributed by atoms with Crippen LogP contribution in [0.15, 0.2) is 0 Å². The average molecular weight is 286 g/mol. The second kappa shape index (κ2) is 5.71. The molecule has 2 N–H and O–H groups in total. The first-order valence-electron chi connectivity index (χ1n) is 5.67. The Labute approximate surface area is 113 Å². The number of hydrogen-bond acceptors (Lipinski definition) is 5. The van der Waals surface area contributed by atoms with Gasteiger partial charge in [0.1, 0.15) is 9.88 Å². The van der Waals surface area contributed by atoms with E-state index in [1.54, 1.807) is 18.7 Å². The van der Waals surface area contributed by atoms with Gasteiger partial charge in [-0.2, -0.15) is 0 Å². The van der Waals surface area contributed by atoms with Gasteiger partial charge in [0.05, 0.1) is 17.5 Å². The summed E-state index contributed by atoms with van der Waals surface area (Å²) in [6.07, 6.45) is 2.01. The summed E-state index contributed by atoms with van der Waals surface area (Å²) >= 11 is 2.80. The Morgan fingerprint density at radius 2 is 2.33 bits per heavy atom. The highest BCUT2D eigenvalue weighted by Crippen LogP contribution is 2.26. The number of thioether (sulfide) groups is 1. The molecule has 1 unspecified atom stereocenters. The quantitative estimate of drug-likeness (QED) is 0.880. The van der Waals surface area contributed by atoms with Crippen LogP contribution in [-0.4, -0.2) is 33.0 Å². The lowest BCUT2D eigenvalue weighted by molar-refractivity contribution is -0.120. The summed E-state index contributed by atoms with van der Waals surface area (Å²) in [5.41, 5.74) is 0.506. The highest BCUT2D eigenvalue weighted by atomic mass is 32.2. The summed E-state index contributed by atoms with van der Waals surface area (Å²) in [4.78, 5) is 27.0. The van der Waals surface area contributed by atoms with E-state index in [1.165, 1.54) is 0 Å². The van der Waals surface area contributed by atoms with Gasteiger partial charge in [-0.25, -0.2) is 9.78 Å². The molecule has 0 saturated carbocycles. The van der Waals surface area contributed by atoms with E-state index in [1.807, 2.05) is 0 Å². The molecule has 0 aliphatic carbocycles. The first-order valence-corrected chi connectivity index (χ1v) is 7.53. The Morgan fingerprint density at radius 1 is 1.56 bits per heavy atom. The van der Waals surface area contributed by atoms with E-state index in [2.05, 4.69) is 10.3 Å².